The molecular formula is C34H62O10Si. The molecule has 45 heavy (non-hydrogen) atoms. The van der Waals surface area contributed by atoms with Gasteiger partial charge in [-0.1, -0.05) is 110 Å². The standard InChI is InChI=1S/C34H62O10Si/c1-8-9-10-11-12-13-14-15-16-17-18-19-20-21-22-23-24-45(6,7)44-34-33(42-29(5)38)32(41-28(4)37)31(40-27(3)36)30(43-34)25-39-26(2)35/h30-34H,8-25H2,1-7H3/t30-,31-,32+,33-,34+/m1/s1. The summed E-state index contributed by atoms with van der Waals surface area (Å²) in [5, 5.41) is 0. The van der Waals surface area contributed by atoms with E-state index in [1.165, 1.54) is 118 Å². The number of rotatable bonds is 24. The molecule has 0 spiro atoms. The minimum atomic E-state index is -2.36. The van der Waals surface area contributed by atoms with E-state index in [2.05, 4.69) is 20.0 Å². The molecule has 1 aliphatic rings. The van der Waals surface area contributed by atoms with Crippen LogP contribution < -0.4 is 0 Å². The lowest BCUT2D eigenvalue weighted by Crippen LogP contribution is -2.64. The molecule has 0 amide bonds. The Balaban J connectivity index is 2.58. The zero-order valence-corrected chi connectivity index (χ0v) is 30.2. The summed E-state index contributed by atoms with van der Waals surface area (Å²) in [6.07, 6.45) is 15.1. The lowest BCUT2D eigenvalue weighted by atomic mass is 9.98. The molecule has 0 aromatic carbocycles. The fraction of sp³-hybridized carbons (Fsp3) is 0.882. The molecule has 1 saturated heterocycles. The van der Waals surface area contributed by atoms with Gasteiger partial charge in [-0.2, -0.15) is 0 Å². The molecule has 0 bridgehead atoms. The Labute approximate surface area is 273 Å². The molecule has 0 N–H and O–H groups in total. The second-order valence-corrected chi connectivity index (χ2v) is 17.3. The Bertz CT molecular complexity index is 864. The highest BCUT2D eigenvalue weighted by molar-refractivity contribution is 6.71. The topological polar surface area (TPSA) is 124 Å². The third kappa shape index (κ3) is 19.3. The van der Waals surface area contributed by atoms with Crippen LogP contribution >= 0.6 is 0 Å². The molecule has 0 radical (unpaired) electrons. The van der Waals surface area contributed by atoms with Crippen molar-refractivity contribution < 1.29 is 47.3 Å². The second-order valence-electron chi connectivity index (χ2n) is 13.0. The maximum absolute atomic E-state index is 12.1. The van der Waals surface area contributed by atoms with E-state index in [9.17, 15) is 19.2 Å². The SMILES string of the molecule is CCCCCCCCCCCCCCCCCC[Si](C)(C)O[C@@H]1O[C@H](COC(C)=O)[C@@H](OC(C)=O)[C@H](OC(C)=O)[C@H]1OC(C)=O. The van der Waals surface area contributed by atoms with Crippen molar-refractivity contribution in [3.8, 4) is 0 Å². The van der Waals surface area contributed by atoms with Gasteiger partial charge < -0.3 is 28.1 Å². The van der Waals surface area contributed by atoms with Gasteiger partial charge >= 0.3 is 23.9 Å². The molecule has 1 fully saturated rings. The molecule has 0 aromatic heterocycles. The van der Waals surface area contributed by atoms with Gasteiger partial charge in [0.05, 0.1) is 0 Å². The smallest absolute Gasteiger partial charge is 0.303 e. The van der Waals surface area contributed by atoms with E-state index in [1.54, 1.807) is 0 Å². The van der Waals surface area contributed by atoms with E-state index in [0.29, 0.717) is 0 Å². The molecule has 10 nitrogen and oxygen atoms in total. The fourth-order valence-corrected chi connectivity index (χ4v) is 7.79. The van der Waals surface area contributed by atoms with Crippen LogP contribution in [0.15, 0.2) is 0 Å². The predicted octanol–water partition coefficient (Wildman–Crippen LogP) is 7.55. The van der Waals surface area contributed by atoms with Gasteiger partial charge in [0.15, 0.2) is 32.9 Å². The monoisotopic (exact) mass is 658 g/mol. The van der Waals surface area contributed by atoms with Gasteiger partial charge in [-0.3, -0.25) is 19.2 Å². The summed E-state index contributed by atoms with van der Waals surface area (Å²) >= 11 is 0. The fourth-order valence-electron chi connectivity index (χ4n) is 5.76. The molecule has 0 aromatic rings. The molecule has 0 saturated carbocycles. The number of hydrogen-bond donors (Lipinski definition) is 0. The summed E-state index contributed by atoms with van der Waals surface area (Å²) < 4.78 is 34.3. The zero-order chi connectivity index (χ0) is 33.7. The second kappa shape index (κ2) is 23.4. The Morgan fingerprint density at radius 1 is 0.556 bits per heavy atom. The van der Waals surface area contributed by atoms with E-state index >= 15 is 0 Å². The van der Waals surface area contributed by atoms with Crippen LogP contribution in [0.5, 0.6) is 0 Å². The van der Waals surface area contributed by atoms with Crippen molar-refractivity contribution in [3.05, 3.63) is 0 Å². The highest BCUT2D eigenvalue weighted by Gasteiger charge is 2.53. The Kier molecular flexibility index (Phi) is 21.3. The van der Waals surface area contributed by atoms with Gasteiger partial charge in [-0.15, -0.1) is 0 Å². The minimum Gasteiger partial charge on any atom is -0.463 e. The van der Waals surface area contributed by atoms with Crippen molar-refractivity contribution in [2.45, 2.75) is 187 Å². The number of carbonyl (C=O) groups is 4. The third-order valence-electron chi connectivity index (χ3n) is 8.02. The van der Waals surface area contributed by atoms with E-state index in [0.717, 1.165) is 18.9 Å². The molecule has 0 unspecified atom stereocenters. The van der Waals surface area contributed by atoms with E-state index in [4.69, 9.17) is 28.1 Å². The first-order valence-electron chi connectivity index (χ1n) is 17.3. The lowest BCUT2D eigenvalue weighted by Gasteiger charge is -2.46. The first kappa shape index (κ1) is 41.0. The third-order valence-corrected chi connectivity index (χ3v) is 10.4. The normalized spacial score (nSPS) is 21.6. The first-order valence-corrected chi connectivity index (χ1v) is 20.5. The quantitative estimate of drug-likeness (QED) is 0.0444. The van der Waals surface area contributed by atoms with Crippen LogP contribution in [-0.2, 0) is 47.3 Å². The predicted molar refractivity (Wildman–Crippen MR) is 175 cm³/mol. The van der Waals surface area contributed by atoms with Crippen molar-refractivity contribution in [1.29, 1.82) is 0 Å². The summed E-state index contributed by atoms with van der Waals surface area (Å²) in [6, 6.07) is 0.859. The van der Waals surface area contributed by atoms with E-state index in [-0.39, 0.29) is 6.61 Å². The highest BCUT2D eigenvalue weighted by atomic mass is 28.4. The molecule has 1 aliphatic heterocycles. The maximum atomic E-state index is 12.1. The van der Waals surface area contributed by atoms with Crippen molar-refractivity contribution in [3.63, 3.8) is 0 Å². The van der Waals surface area contributed by atoms with Gasteiger partial charge in [0, 0.05) is 27.7 Å². The van der Waals surface area contributed by atoms with Crippen LogP contribution in [0.25, 0.3) is 0 Å². The number of carbonyl (C=O) groups excluding carboxylic acids is 4. The van der Waals surface area contributed by atoms with Gasteiger partial charge in [0.2, 0.25) is 0 Å². The van der Waals surface area contributed by atoms with Crippen LogP contribution in [0.2, 0.25) is 19.1 Å². The van der Waals surface area contributed by atoms with Gasteiger partial charge in [0.25, 0.3) is 0 Å². The Morgan fingerprint density at radius 2 is 0.956 bits per heavy atom. The van der Waals surface area contributed by atoms with Crippen molar-refractivity contribution in [1.82, 2.24) is 0 Å². The summed E-state index contributed by atoms with van der Waals surface area (Å²) in [6.45, 7) is 11.0. The molecule has 5 atom stereocenters. The summed E-state index contributed by atoms with van der Waals surface area (Å²) in [4.78, 5) is 47.6. The Morgan fingerprint density at radius 3 is 1.38 bits per heavy atom. The minimum absolute atomic E-state index is 0.265. The average Bonchev–Trinajstić information content (AvgIpc) is 2.94. The Hall–Kier alpha value is -1.98. The van der Waals surface area contributed by atoms with Crippen LogP contribution in [-0.4, -0.2) is 69.5 Å². The first-order chi connectivity index (χ1) is 21.4. The van der Waals surface area contributed by atoms with Crippen LogP contribution in [0.3, 0.4) is 0 Å². The highest BCUT2D eigenvalue weighted by Crippen LogP contribution is 2.32. The van der Waals surface area contributed by atoms with Crippen LogP contribution in [0.1, 0.15) is 137 Å². The summed E-state index contributed by atoms with van der Waals surface area (Å²) in [7, 11) is -2.36. The number of unbranched alkanes of at least 4 members (excludes halogenated alkanes) is 15. The number of ether oxygens (including phenoxy) is 5. The van der Waals surface area contributed by atoms with Gasteiger partial charge in [-0.05, 0) is 19.1 Å². The summed E-state index contributed by atoms with van der Waals surface area (Å²) in [5.41, 5.74) is 0. The average molecular weight is 659 g/mol. The van der Waals surface area contributed by atoms with Gasteiger partial charge in [0.1, 0.15) is 12.7 Å². The molecule has 262 valence electrons. The zero-order valence-electron chi connectivity index (χ0n) is 29.2. The van der Waals surface area contributed by atoms with Gasteiger partial charge in [-0.25, -0.2) is 0 Å². The molecule has 1 heterocycles. The van der Waals surface area contributed by atoms with Crippen molar-refractivity contribution >= 4 is 32.2 Å². The van der Waals surface area contributed by atoms with Crippen molar-refractivity contribution in [2.24, 2.45) is 0 Å². The molecule has 11 heteroatoms. The summed E-state index contributed by atoms with van der Waals surface area (Å²) in [5.74, 6) is -2.51. The largest absolute Gasteiger partial charge is 0.463 e. The lowest BCUT2D eigenvalue weighted by molar-refractivity contribution is -0.291. The molecule has 0 aliphatic carbocycles. The van der Waals surface area contributed by atoms with Crippen LogP contribution in [0.4, 0.5) is 0 Å². The number of esters is 4. The van der Waals surface area contributed by atoms with Crippen LogP contribution in [0, 0.1) is 0 Å². The van der Waals surface area contributed by atoms with E-state index < -0.39 is 62.9 Å². The molecular weight excluding hydrogens is 596 g/mol. The maximum Gasteiger partial charge on any atom is 0.303 e. The van der Waals surface area contributed by atoms with E-state index in [1.807, 2.05) is 0 Å². The molecule has 1 rings (SSSR count). The van der Waals surface area contributed by atoms with Crippen molar-refractivity contribution in [2.75, 3.05) is 6.61 Å². The number of hydrogen-bond acceptors (Lipinski definition) is 10.